The molecule has 2 heteroatoms. The molecule has 0 aliphatic rings. The zero-order valence-electron chi connectivity index (χ0n) is 7.83. The lowest BCUT2D eigenvalue weighted by molar-refractivity contribution is 0.466. The van der Waals surface area contributed by atoms with Gasteiger partial charge in [-0.15, -0.1) is 0 Å². The first-order chi connectivity index (χ1) is 6.18. The van der Waals surface area contributed by atoms with Crippen LogP contribution in [0.1, 0.15) is 25.3 Å². The smallest absolute Gasteiger partial charge is 0.121 e. The van der Waals surface area contributed by atoms with Crippen molar-refractivity contribution in [1.29, 1.82) is 0 Å². The number of phenolic OH excluding ortho intramolecular Hbond substituents is 1. The summed E-state index contributed by atoms with van der Waals surface area (Å²) < 4.78 is 0. The number of hydrogen-bond donors (Lipinski definition) is 2. The van der Waals surface area contributed by atoms with E-state index in [0.29, 0.717) is 11.7 Å². The average Bonchev–Trinajstić information content (AvgIpc) is 2.48. The highest BCUT2D eigenvalue weighted by molar-refractivity contribution is 5.82. The number of nitrogens with one attached hydrogen (secondary N) is 1. The normalized spacial score (nSPS) is 11.3. The van der Waals surface area contributed by atoms with Crippen LogP contribution in [0.2, 0.25) is 0 Å². The molecule has 0 bridgehead atoms. The van der Waals surface area contributed by atoms with E-state index in [1.54, 1.807) is 6.07 Å². The van der Waals surface area contributed by atoms with E-state index in [0.717, 1.165) is 16.5 Å². The topological polar surface area (TPSA) is 36.0 Å². The quantitative estimate of drug-likeness (QED) is 0.686. The molecule has 2 nitrogen and oxygen atoms in total. The van der Waals surface area contributed by atoms with Gasteiger partial charge >= 0.3 is 0 Å². The molecule has 0 spiro atoms. The van der Waals surface area contributed by atoms with E-state index >= 15 is 0 Å². The largest absolute Gasteiger partial charge is 0.508 e. The van der Waals surface area contributed by atoms with E-state index in [-0.39, 0.29) is 0 Å². The van der Waals surface area contributed by atoms with Crippen molar-refractivity contribution in [3.63, 3.8) is 0 Å². The minimum atomic E-state index is 0.360. The van der Waals surface area contributed by atoms with E-state index in [1.165, 1.54) is 0 Å². The highest BCUT2D eigenvalue weighted by atomic mass is 16.3. The highest BCUT2D eigenvalue weighted by Gasteiger charge is 2.07. The van der Waals surface area contributed by atoms with Gasteiger partial charge in [-0.1, -0.05) is 13.8 Å². The molecule has 0 amide bonds. The molecule has 0 saturated carbocycles. The highest BCUT2D eigenvalue weighted by Crippen LogP contribution is 2.29. The van der Waals surface area contributed by atoms with Crippen molar-refractivity contribution in [1.82, 2.24) is 4.98 Å². The van der Waals surface area contributed by atoms with Crippen LogP contribution >= 0.6 is 0 Å². The van der Waals surface area contributed by atoms with Crippen LogP contribution < -0.4 is 0 Å². The van der Waals surface area contributed by atoms with Gasteiger partial charge in [-0.05, 0) is 29.0 Å². The Hall–Kier alpha value is -1.44. The van der Waals surface area contributed by atoms with Crippen molar-refractivity contribution in [3.05, 3.63) is 30.0 Å². The third-order valence-corrected chi connectivity index (χ3v) is 2.32. The fourth-order valence-corrected chi connectivity index (χ4v) is 1.57. The molecule has 13 heavy (non-hydrogen) atoms. The molecule has 2 N–H and O–H groups in total. The molecule has 0 aliphatic carbocycles. The molecule has 0 fully saturated rings. The van der Waals surface area contributed by atoms with E-state index in [1.807, 2.05) is 18.3 Å². The molecule has 0 radical (unpaired) electrons. The standard InChI is InChI=1S/C11H13NO/c1-7(2)9-5-8-3-4-12-10(8)6-11(9)13/h3-7,12-13H,1-2H3. The Morgan fingerprint density at radius 2 is 2.08 bits per heavy atom. The van der Waals surface area contributed by atoms with Gasteiger partial charge in [0.15, 0.2) is 0 Å². The number of rotatable bonds is 1. The van der Waals surface area contributed by atoms with E-state index in [2.05, 4.69) is 18.8 Å². The number of H-pyrrole nitrogens is 1. The number of aromatic hydroxyl groups is 1. The Labute approximate surface area is 77.2 Å². The van der Waals surface area contributed by atoms with Crippen LogP contribution in [-0.2, 0) is 0 Å². The number of fused-ring (bicyclic) bond motifs is 1. The number of phenols is 1. The second-order valence-corrected chi connectivity index (χ2v) is 3.63. The maximum atomic E-state index is 9.68. The van der Waals surface area contributed by atoms with Crippen molar-refractivity contribution in [2.75, 3.05) is 0 Å². The lowest BCUT2D eigenvalue weighted by Crippen LogP contribution is -1.87. The van der Waals surface area contributed by atoms with Gasteiger partial charge < -0.3 is 10.1 Å². The van der Waals surface area contributed by atoms with Crippen LogP contribution in [0.4, 0.5) is 0 Å². The molecule has 0 atom stereocenters. The van der Waals surface area contributed by atoms with E-state index < -0.39 is 0 Å². The van der Waals surface area contributed by atoms with E-state index in [4.69, 9.17) is 0 Å². The summed E-state index contributed by atoms with van der Waals surface area (Å²) in [6.45, 7) is 4.15. The maximum Gasteiger partial charge on any atom is 0.121 e. The number of aromatic amines is 1. The second kappa shape index (κ2) is 2.80. The Morgan fingerprint density at radius 1 is 1.31 bits per heavy atom. The molecule has 68 valence electrons. The van der Waals surface area contributed by atoms with Gasteiger partial charge in [0.2, 0.25) is 0 Å². The van der Waals surface area contributed by atoms with Crippen molar-refractivity contribution < 1.29 is 5.11 Å². The van der Waals surface area contributed by atoms with Crippen LogP contribution in [-0.4, -0.2) is 10.1 Å². The minimum absolute atomic E-state index is 0.360. The molecule has 1 aromatic heterocycles. The first-order valence-corrected chi connectivity index (χ1v) is 4.48. The summed E-state index contributed by atoms with van der Waals surface area (Å²) in [4.78, 5) is 3.07. The monoisotopic (exact) mass is 175 g/mol. The molecule has 0 aliphatic heterocycles. The van der Waals surface area contributed by atoms with Crippen LogP contribution in [0.15, 0.2) is 24.4 Å². The molecular formula is C11H13NO. The van der Waals surface area contributed by atoms with Gasteiger partial charge in [0, 0.05) is 17.8 Å². The van der Waals surface area contributed by atoms with Crippen molar-refractivity contribution >= 4 is 10.9 Å². The molecule has 1 heterocycles. The van der Waals surface area contributed by atoms with Gasteiger partial charge in [-0.3, -0.25) is 0 Å². The van der Waals surface area contributed by atoms with Crippen molar-refractivity contribution in [3.8, 4) is 5.75 Å². The predicted octanol–water partition coefficient (Wildman–Crippen LogP) is 3.00. The van der Waals surface area contributed by atoms with Gasteiger partial charge in [-0.2, -0.15) is 0 Å². The molecule has 0 saturated heterocycles. The SMILES string of the molecule is CC(C)c1cc2cc[nH]c2cc1O. The lowest BCUT2D eigenvalue weighted by Gasteiger charge is -2.07. The average molecular weight is 175 g/mol. The first-order valence-electron chi connectivity index (χ1n) is 4.48. The third kappa shape index (κ3) is 1.28. The van der Waals surface area contributed by atoms with Crippen LogP contribution in [0.25, 0.3) is 10.9 Å². The molecule has 1 aromatic carbocycles. The maximum absolute atomic E-state index is 9.68. The fourth-order valence-electron chi connectivity index (χ4n) is 1.57. The van der Waals surface area contributed by atoms with Crippen LogP contribution in [0.3, 0.4) is 0 Å². The van der Waals surface area contributed by atoms with Crippen molar-refractivity contribution in [2.24, 2.45) is 0 Å². The van der Waals surface area contributed by atoms with Crippen LogP contribution in [0, 0.1) is 0 Å². The third-order valence-electron chi connectivity index (χ3n) is 2.32. The number of aromatic nitrogens is 1. The lowest BCUT2D eigenvalue weighted by atomic mass is 10.0. The van der Waals surface area contributed by atoms with Gasteiger partial charge in [-0.25, -0.2) is 0 Å². The number of hydrogen-bond acceptors (Lipinski definition) is 1. The summed E-state index contributed by atoms with van der Waals surface area (Å²) in [7, 11) is 0. The Morgan fingerprint density at radius 3 is 2.77 bits per heavy atom. The Bertz CT molecular complexity index is 429. The summed E-state index contributed by atoms with van der Waals surface area (Å²) in [6.07, 6.45) is 1.88. The molecule has 2 aromatic rings. The summed E-state index contributed by atoms with van der Waals surface area (Å²) in [5.41, 5.74) is 1.99. The number of benzene rings is 1. The fraction of sp³-hybridized carbons (Fsp3) is 0.273. The summed E-state index contributed by atoms with van der Waals surface area (Å²) in [6, 6.07) is 5.83. The van der Waals surface area contributed by atoms with Crippen LogP contribution in [0.5, 0.6) is 5.75 Å². The van der Waals surface area contributed by atoms with Gasteiger partial charge in [0.1, 0.15) is 5.75 Å². The predicted molar refractivity (Wildman–Crippen MR) is 54.1 cm³/mol. The summed E-state index contributed by atoms with van der Waals surface area (Å²) in [5.74, 6) is 0.740. The minimum Gasteiger partial charge on any atom is -0.508 e. The van der Waals surface area contributed by atoms with Gasteiger partial charge in [0.05, 0.1) is 0 Å². The second-order valence-electron chi connectivity index (χ2n) is 3.63. The molecule has 0 unspecified atom stereocenters. The Balaban J connectivity index is 2.69. The zero-order chi connectivity index (χ0) is 9.42. The van der Waals surface area contributed by atoms with E-state index in [9.17, 15) is 5.11 Å². The summed E-state index contributed by atoms with van der Waals surface area (Å²) >= 11 is 0. The zero-order valence-corrected chi connectivity index (χ0v) is 7.83. The van der Waals surface area contributed by atoms with Gasteiger partial charge in [0.25, 0.3) is 0 Å². The summed E-state index contributed by atoms with van der Waals surface area (Å²) in [5, 5.41) is 10.8. The molecule has 2 rings (SSSR count). The molecular weight excluding hydrogens is 162 g/mol. The first kappa shape index (κ1) is 8.17. The van der Waals surface area contributed by atoms with Crippen molar-refractivity contribution in [2.45, 2.75) is 19.8 Å². The Kier molecular flexibility index (Phi) is 1.76.